The van der Waals surface area contributed by atoms with E-state index in [9.17, 15) is 13.2 Å². The molecule has 0 unspecified atom stereocenters. The van der Waals surface area contributed by atoms with Gasteiger partial charge in [0.25, 0.3) is 15.9 Å². The average Bonchev–Trinajstić information content (AvgIpc) is 2.65. The lowest BCUT2D eigenvalue weighted by molar-refractivity contribution is -0.0258. The number of hydroxylamine groups is 1. The van der Waals surface area contributed by atoms with Gasteiger partial charge in [0.1, 0.15) is 0 Å². The Morgan fingerprint density at radius 2 is 1.85 bits per heavy atom. The lowest BCUT2D eigenvalue weighted by Crippen LogP contribution is -2.31. The molecular weight excluding hydrogens is 376 g/mol. The summed E-state index contributed by atoms with van der Waals surface area (Å²) in [6, 6.07) is 13.2. The highest BCUT2D eigenvalue weighted by atomic mass is 35.5. The van der Waals surface area contributed by atoms with Crippen molar-refractivity contribution in [2.24, 2.45) is 0 Å². The molecule has 140 valence electrons. The Morgan fingerprint density at radius 1 is 1.15 bits per heavy atom. The Labute approximate surface area is 158 Å². The topological polar surface area (TPSA) is 66.9 Å². The largest absolute Gasteiger partial charge is 0.335 e. The van der Waals surface area contributed by atoms with E-state index in [2.05, 4.69) is 0 Å². The Hall–Kier alpha value is -1.93. The van der Waals surface area contributed by atoms with Crippen LogP contribution in [0.5, 0.6) is 0 Å². The van der Waals surface area contributed by atoms with Gasteiger partial charge in [0.05, 0.1) is 12.0 Å². The van der Waals surface area contributed by atoms with Crippen molar-refractivity contribution in [1.29, 1.82) is 0 Å². The zero-order chi connectivity index (χ0) is 19.3. The predicted molar refractivity (Wildman–Crippen MR) is 100 cm³/mol. The van der Waals surface area contributed by atoms with Crippen molar-refractivity contribution in [2.75, 3.05) is 20.7 Å². The Kier molecular flexibility index (Phi) is 6.77. The third-order valence-electron chi connectivity index (χ3n) is 3.91. The van der Waals surface area contributed by atoms with Crippen LogP contribution in [0.15, 0.2) is 53.4 Å². The number of carbonyl (C=O) groups excluding carboxylic acids is 1. The molecule has 0 saturated carbocycles. The van der Waals surface area contributed by atoms with Gasteiger partial charge in [0.15, 0.2) is 0 Å². The van der Waals surface area contributed by atoms with Crippen LogP contribution in [0, 0.1) is 0 Å². The van der Waals surface area contributed by atoms with Crippen molar-refractivity contribution < 1.29 is 18.0 Å². The minimum Gasteiger partial charge on any atom is -0.335 e. The van der Waals surface area contributed by atoms with Crippen molar-refractivity contribution in [3.63, 3.8) is 0 Å². The first-order valence-electron chi connectivity index (χ1n) is 7.96. The van der Waals surface area contributed by atoms with E-state index >= 15 is 0 Å². The summed E-state index contributed by atoms with van der Waals surface area (Å²) < 4.78 is 25.5. The van der Waals surface area contributed by atoms with Crippen LogP contribution in [-0.4, -0.2) is 44.4 Å². The molecule has 0 heterocycles. The zero-order valence-electron chi connectivity index (χ0n) is 14.8. The molecule has 0 aliphatic carbocycles. The molecule has 0 aromatic heterocycles. The summed E-state index contributed by atoms with van der Waals surface area (Å²) in [5.41, 5.74) is 1.19. The molecule has 0 N–H and O–H groups in total. The predicted octanol–water partition coefficient (Wildman–Crippen LogP) is 3.18. The summed E-state index contributed by atoms with van der Waals surface area (Å²) in [6.07, 6.45) is 0. The molecule has 1 amide bonds. The second kappa shape index (κ2) is 8.64. The summed E-state index contributed by atoms with van der Waals surface area (Å²) in [4.78, 5) is 19.2. The normalized spacial score (nSPS) is 11.6. The third kappa shape index (κ3) is 4.62. The van der Waals surface area contributed by atoms with E-state index in [0.717, 1.165) is 10.0 Å². The maximum atomic E-state index is 12.8. The van der Waals surface area contributed by atoms with Crippen LogP contribution in [0.3, 0.4) is 0 Å². The van der Waals surface area contributed by atoms with Gasteiger partial charge in [-0.1, -0.05) is 34.3 Å². The summed E-state index contributed by atoms with van der Waals surface area (Å²) in [5.74, 6) is -0.260. The first kappa shape index (κ1) is 20.4. The maximum absolute atomic E-state index is 12.8. The van der Waals surface area contributed by atoms with Crippen LogP contribution in [-0.2, 0) is 21.4 Å². The standard InChI is InChI=1S/C18H21ClN2O4S/c1-4-21(13-14-7-5-9-16(19)11-14)18(22)15-8-6-10-17(12-15)26(23,24)20(2)25-3/h5-12H,4,13H2,1-3H3. The third-order valence-corrected chi connectivity index (χ3v) is 5.82. The van der Waals surface area contributed by atoms with E-state index in [4.69, 9.17) is 16.4 Å². The Bertz CT molecular complexity index is 886. The Balaban J connectivity index is 2.29. The van der Waals surface area contributed by atoms with Crippen molar-refractivity contribution >= 4 is 27.5 Å². The SMILES string of the molecule is CCN(Cc1cccc(Cl)c1)C(=O)c1cccc(S(=O)(=O)N(C)OC)c1. The monoisotopic (exact) mass is 396 g/mol. The molecule has 26 heavy (non-hydrogen) atoms. The zero-order valence-corrected chi connectivity index (χ0v) is 16.4. The molecule has 8 heteroatoms. The highest BCUT2D eigenvalue weighted by Crippen LogP contribution is 2.19. The van der Waals surface area contributed by atoms with Gasteiger partial charge in [0.2, 0.25) is 0 Å². The molecule has 0 aliphatic rings. The number of benzene rings is 2. The molecular formula is C18H21ClN2O4S. The van der Waals surface area contributed by atoms with Gasteiger partial charge < -0.3 is 4.90 Å². The first-order chi connectivity index (χ1) is 12.3. The fourth-order valence-corrected chi connectivity index (χ4v) is 3.63. The molecule has 6 nitrogen and oxygen atoms in total. The van der Waals surface area contributed by atoms with Gasteiger partial charge in [-0.3, -0.25) is 9.63 Å². The summed E-state index contributed by atoms with van der Waals surface area (Å²) >= 11 is 6.00. The molecule has 0 atom stereocenters. The lowest BCUT2D eigenvalue weighted by Gasteiger charge is -2.22. The van der Waals surface area contributed by atoms with Crippen molar-refractivity contribution in [3.05, 3.63) is 64.7 Å². The number of halogens is 1. The van der Waals surface area contributed by atoms with Gasteiger partial charge in [0, 0.05) is 30.7 Å². The van der Waals surface area contributed by atoms with Crippen molar-refractivity contribution in [3.8, 4) is 0 Å². The van der Waals surface area contributed by atoms with Crippen LogP contribution >= 0.6 is 11.6 Å². The molecule has 0 fully saturated rings. The first-order valence-corrected chi connectivity index (χ1v) is 9.78. The molecule has 0 aliphatic heterocycles. The fourth-order valence-electron chi connectivity index (χ4n) is 2.40. The molecule has 2 aromatic carbocycles. The van der Waals surface area contributed by atoms with Gasteiger partial charge in [-0.15, -0.1) is 0 Å². The van der Waals surface area contributed by atoms with E-state index < -0.39 is 10.0 Å². The Morgan fingerprint density at radius 3 is 2.46 bits per heavy atom. The molecule has 0 saturated heterocycles. The minimum absolute atomic E-state index is 0.00786. The van der Waals surface area contributed by atoms with Gasteiger partial charge in [-0.05, 0) is 42.8 Å². The summed E-state index contributed by atoms with van der Waals surface area (Å²) in [6.45, 7) is 2.72. The smallest absolute Gasteiger partial charge is 0.264 e. The molecule has 2 aromatic rings. The highest BCUT2D eigenvalue weighted by Gasteiger charge is 2.23. The number of rotatable bonds is 7. The van der Waals surface area contributed by atoms with Crippen LogP contribution in [0.1, 0.15) is 22.8 Å². The number of amides is 1. The minimum atomic E-state index is -3.82. The summed E-state index contributed by atoms with van der Waals surface area (Å²) in [5, 5.41) is 0.599. The van der Waals surface area contributed by atoms with Crippen LogP contribution in [0.25, 0.3) is 0 Å². The highest BCUT2D eigenvalue weighted by molar-refractivity contribution is 7.89. The van der Waals surface area contributed by atoms with Crippen molar-refractivity contribution in [1.82, 2.24) is 9.37 Å². The molecule has 0 spiro atoms. The number of nitrogens with zero attached hydrogens (tertiary/aromatic N) is 2. The van der Waals surface area contributed by atoms with E-state index in [0.29, 0.717) is 23.7 Å². The lowest BCUT2D eigenvalue weighted by atomic mass is 10.1. The van der Waals surface area contributed by atoms with Crippen molar-refractivity contribution in [2.45, 2.75) is 18.4 Å². The van der Waals surface area contributed by atoms with Gasteiger partial charge >= 0.3 is 0 Å². The summed E-state index contributed by atoms with van der Waals surface area (Å²) in [7, 11) is -1.27. The van der Waals surface area contributed by atoms with Gasteiger partial charge in [-0.2, -0.15) is 0 Å². The number of hydrogen-bond acceptors (Lipinski definition) is 4. The maximum Gasteiger partial charge on any atom is 0.264 e. The number of carbonyl (C=O) groups is 1. The number of hydrogen-bond donors (Lipinski definition) is 0. The van der Waals surface area contributed by atoms with Crippen LogP contribution in [0.2, 0.25) is 5.02 Å². The fraction of sp³-hybridized carbons (Fsp3) is 0.278. The van der Waals surface area contributed by atoms with E-state index in [1.807, 2.05) is 19.1 Å². The average molecular weight is 397 g/mol. The molecule has 0 bridgehead atoms. The van der Waals surface area contributed by atoms with Crippen LogP contribution in [0.4, 0.5) is 0 Å². The molecule has 0 radical (unpaired) electrons. The van der Waals surface area contributed by atoms with E-state index in [1.54, 1.807) is 23.1 Å². The number of sulfonamides is 1. The quantitative estimate of drug-likeness (QED) is 0.674. The van der Waals surface area contributed by atoms with E-state index in [1.165, 1.54) is 32.4 Å². The van der Waals surface area contributed by atoms with E-state index in [-0.39, 0.29) is 10.8 Å². The van der Waals surface area contributed by atoms with Crippen LogP contribution < -0.4 is 0 Å². The second-order valence-electron chi connectivity index (χ2n) is 5.57. The second-order valence-corrected chi connectivity index (χ2v) is 7.95. The van der Waals surface area contributed by atoms with Gasteiger partial charge in [-0.25, -0.2) is 8.42 Å². The molecule has 2 rings (SSSR count).